The van der Waals surface area contributed by atoms with Gasteiger partial charge in [-0.3, -0.25) is 0 Å². The van der Waals surface area contributed by atoms with Gasteiger partial charge in [-0.05, 0) is 69.2 Å². The number of ether oxygens (including phenoxy) is 1. The first-order valence-corrected chi connectivity index (χ1v) is 8.25. The fourth-order valence-corrected chi connectivity index (χ4v) is 4.47. The van der Waals surface area contributed by atoms with Crippen molar-refractivity contribution in [1.29, 1.82) is 0 Å². The molecule has 0 radical (unpaired) electrons. The molecular weight excluding hydrogens is 222 g/mol. The molecule has 0 aromatic heterocycles. The molecule has 0 aromatic rings. The highest BCUT2D eigenvalue weighted by molar-refractivity contribution is 5.06. The molecule has 0 spiro atoms. The van der Waals surface area contributed by atoms with E-state index in [1.54, 1.807) is 0 Å². The van der Waals surface area contributed by atoms with E-state index in [2.05, 4.69) is 12.2 Å². The molecule has 2 nitrogen and oxygen atoms in total. The Kier molecular flexibility index (Phi) is 4.25. The first kappa shape index (κ1) is 12.9. The smallest absolute Gasteiger partial charge is 0.0576 e. The molecule has 104 valence electrons. The van der Waals surface area contributed by atoms with Gasteiger partial charge in [-0.2, -0.15) is 0 Å². The Hall–Kier alpha value is -0.0800. The molecule has 18 heavy (non-hydrogen) atoms. The summed E-state index contributed by atoms with van der Waals surface area (Å²) in [5.74, 6) is 3.19. The van der Waals surface area contributed by atoms with Crippen LogP contribution in [0.4, 0.5) is 0 Å². The van der Waals surface area contributed by atoms with Crippen LogP contribution < -0.4 is 5.32 Å². The van der Waals surface area contributed by atoms with Crippen LogP contribution in [0.15, 0.2) is 0 Å². The van der Waals surface area contributed by atoms with Gasteiger partial charge >= 0.3 is 0 Å². The molecular formula is C16H29NO. The Bertz CT molecular complexity index is 252. The fourth-order valence-electron chi connectivity index (χ4n) is 4.47. The van der Waals surface area contributed by atoms with Gasteiger partial charge in [-0.15, -0.1) is 0 Å². The highest BCUT2D eigenvalue weighted by Crippen LogP contribution is 2.59. The third kappa shape index (κ3) is 2.75. The van der Waals surface area contributed by atoms with Crippen LogP contribution in [-0.4, -0.2) is 25.3 Å². The van der Waals surface area contributed by atoms with Crippen LogP contribution in [0, 0.1) is 17.8 Å². The molecule has 0 aromatic carbocycles. The van der Waals surface area contributed by atoms with Crippen LogP contribution in [0.3, 0.4) is 0 Å². The zero-order valence-corrected chi connectivity index (χ0v) is 11.9. The van der Waals surface area contributed by atoms with Crippen molar-refractivity contribution < 1.29 is 4.74 Å². The van der Waals surface area contributed by atoms with Crippen LogP contribution in [0.2, 0.25) is 0 Å². The van der Waals surface area contributed by atoms with Gasteiger partial charge in [0.25, 0.3) is 0 Å². The Morgan fingerprint density at radius 3 is 2.67 bits per heavy atom. The monoisotopic (exact) mass is 251 g/mol. The third-order valence-electron chi connectivity index (χ3n) is 5.42. The van der Waals surface area contributed by atoms with Gasteiger partial charge in [0.05, 0.1) is 6.10 Å². The van der Waals surface area contributed by atoms with Gasteiger partial charge in [-0.1, -0.05) is 13.3 Å². The Morgan fingerprint density at radius 1 is 1.17 bits per heavy atom. The summed E-state index contributed by atoms with van der Waals surface area (Å²) in [7, 11) is 0. The van der Waals surface area contributed by atoms with E-state index in [-0.39, 0.29) is 0 Å². The summed E-state index contributed by atoms with van der Waals surface area (Å²) in [6.45, 7) is 4.48. The lowest BCUT2D eigenvalue weighted by atomic mass is 9.97. The van der Waals surface area contributed by atoms with E-state index < -0.39 is 0 Å². The maximum absolute atomic E-state index is 5.77. The molecule has 2 aliphatic carbocycles. The second kappa shape index (κ2) is 5.92. The predicted octanol–water partition coefficient (Wildman–Crippen LogP) is 3.36. The van der Waals surface area contributed by atoms with E-state index in [1.807, 2.05) is 0 Å². The van der Waals surface area contributed by atoms with Gasteiger partial charge in [0.15, 0.2) is 0 Å². The standard InChI is InChI=1S/C16H29NO/c1-2-10-17-15(9-8-12-5-4-11-18-12)16-13-6-3-7-14(13)16/h12-17H,2-11H2,1H3. The van der Waals surface area contributed by atoms with Gasteiger partial charge in [0.2, 0.25) is 0 Å². The van der Waals surface area contributed by atoms with Crippen molar-refractivity contribution in [2.75, 3.05) is 13.2 Å². The molecule has 3 aliphatic rings. The van der Waals surface area contributed by atoms with Crippen molar-refractivity contribution in [1.82, 2.24) is 5.32 Å². The second-order valence-corrected chi connectivity index (χ2v) is 6.61. The van der Waals surface area contributed by atoms with Crippen LogP contribution in [-0.2, 0) is 4.74 Å². The minimum atomic E-state index is 0.578. The molecule has 0 bridgehead atoms. The first-order chi connectivity index (χ1) is 8.90. The van der Waals surface area contributed by atoms with Crippen molar-refractivity contribution in [3.63, 3.8) is 0 Å². The van der Waals surface area contributed by atoms with Crippen LogP contribution >= 0.6 is 0 Å². The average molecular weight is 251 g/mol. The molecule has 2 saturated carbocycles. The molecule has 3 rings (SSSR count). The van der Waals surface area contributed by atoms with E-state index >= 15 is 0 Å². The topological polar surface area (TPSA) is 21.3 Å². The molecule has 4 atom stereocenters. The van der Waals surface area contributed by atoms with Crippen molar-refractivity contribution in [2.24, 2.45) is 17.8 Å². The van der Waals surface area contributed by atoms with E-state index in [0.29, 0.717) is 6.10 Å². The number of nitrogens with one attached hydrogen (secondary N) is 1. The predicted molar refractivity (Wildman–Crippen MR) is 74.6 cm³/mol. The maximum Gasteiger partial charge on any atom is 0.0576 e. The molecule has 3 fully saturated rings. The van der Waals surface area contributed by atoms with Crippen LogP contribution in [0.25, 0.3) is 0 Å². The van der Waals surface area contributed by atoms with E-state index in [9.17, 15) is 0 Å². The zero-order chi connectivity index (χ0) is 12.4. The van der Waals surface area contributed by atoms with Crippen LogP contribution in [0.1, 0.15) is 58.3 Å². The van der Waals surface area contributed by atoms with Crippen LogP contribution in [0.5, 0.6) is 0 Å². The minimum absolute atomic E-state index is 0.578. The normalized spacial score (nSPS) is 39.8. The maximum atomic E-state index is 5.77. The summed E-state index contributed by atoms with van der Waals surface area (Å²) >= 11 is 0. The zero-order valence-electron chi connectivity index (χ0n) is 11.9. The van der Waals surface area contributed by atoms with Gasteiger partial charge in [0.1, 0.15) is 0 Å². The highest BCUT2D eigenvalue weighted by Gasteiger charge is 2.55. The molecule has 1 saturated heterocycles. The average Bonchev–Trinajstić information content (AvgIpc) is 2.82. The Balaban J connectivity index is 1.46. The van der Waals surface area contributed by atoms with Gasteiger partial charge in [-0.25, -0.2) is 0 Å². The first-order valence-electron chi connectivity index (χ1n) is 8.25. The largest absolute Gasteiger partial charge is 0.378 e. The summed E-state index contributed by atoms with van der Waals surface area (Å²) in [4.78, 5) is 0. The quantitative estimate of drug-likeness (QED) is 0.749. The number of hydrogen-bond donors (Lipinski definition) is 1. The summed E-state index contributed by atoms with van der Waals surface area (Å²) in [6.07, 6.45) is 11.6. The molecule has 0 amide bonds. The fraction of sp³-hybridized carbons (Fsp3) is 1.00. The summed E-state index contributed by atoms with van der Waals surface area (Å²) in [5.41, 5.74) is 0. The number of rotatable bonds is 7. The lowest BCUT2D eigenvalue weighted by molar-refractivity contribution is 0.0982. The molecule has 1 N–H and O–H groups in total. The molecule has 4 unspecified atom stereocenters. The number of fused-ring (bicyclic) bond motifs is 1. The van der Waals surface area contributed by atoms with Crippen molar-refractivity contribution in [3.05, 3.63) is 0 Å². The second-order valence-electron chi connectivity index (χ2n) is 6.61. The minimum Gasteiger partial charge on any atom is -0.378 e. The lowest BCUT2D eigenvalue weighted by Crippen LogP contribution is -2.34. The van der Waals surface area contributed by atoms with Gasteiger partial charge in [0, 0.05) is 12.6 Å². The SMILES string of the molecule is CCCNC(CCC1CCCO1)C1C2CCCC21. The molecule has 1 aliphatic heterocycles. The van der Waals surface area contributed by atoms with Crippen molar-refractivity contribution in [2.45, 2.75) is 70.4 Å². The van der Waals surface area contributed by atoms with E-state index in [1.165, 1.54) is 57.9 Å². The van der Waals surface area contributed by atoms with E-state index in [4.69, 9.17) is 4.74 Å². The molecule has 2 heteroatoms. The number of hydrogen-bond acceptors (Lipinski definition) is 2. The van der Waals surface area contributed by atoms with Crippen molar-refractivity contribution >= 4 is 0 Å². The third-order valence-corrected chi connectivity index (χ3v) is 5.42. The Labute approximate surface area is 112 Å². The van der Waals surface area contributed by atoms with Gasteiger partial charge < -0.3 is 10.1 Å². The molecule has 1 heterocycles. The summed E-state index contributed by atoms with van der Waals surface area (Å²) < 4.78 is 5.77. The van der Waals surface area contributed by atoms with Crippen molar-refractivity contribution in [3.8, 4) is 0 Å². The van der Waals surface area contributed by atoms with E-state index in [0.717, 1.165) is 30.4 Å². The summed E-state index contributed by atoms with van der Waals surface area (Å²) in [5, 5.41) is 3.83. The Morgan fingerprint density at radius 2 is 2.00 bits per heavy atom. The summed E-state index contributed by atoms with van der Waals surface area (Å²) in [6, 6.07) is 0.796. The lowest BCUT2D eigenvalue weighted by Gasteiger charge is -2.22. The highest BCUT2D eigenvalue weighted by atomic mass is 16.5.